The summed E-state index contributed by atoms with van der Waals surface area (Å²) in [5, 5.41) is 3.49. The molecule has 0 heterocycles. The fourth-order valence-corrected chi connectivity index (χ4v) is 3.44. The molecule has 0 bridgehead atoms. The van der Waals surface area contributed by atoms with E-state index < -0.39 is 0 Å². The van der Waals surface area contributed by atoms with Gasteiger partial charge in [-0.15, -0.1) is 0 Å². The minimum absolute atomic E-state index is 0.512. The van der Waals surface area contributed by atoms with Gasteiger partial charge < -0.3 is 5.32 Å². The molecule has 0 fully saturated rings. The molecule has 0 aliphatic heterocycles. The van der Waals surface area contributed by atoms with Gasteiger partial charge in [0.2, 0.25) is 0 Å². The highest BCUT2D eigenvalue weighted by Gasteiger charge is 2.12. The number of hydrogen-bond acceptors (Lipinski definition) is 1. The van der Waals surface area contributed by atoms with Gasteiger partial charge in [0.25, 0.3) is 0 Å². The summed E-state index contributed by atoms with van der Waals surface area (Å²) in [5.41, 5.74) is 2.86. The molecule has 1 aromatic carbocycles. The summed E-state index contributed by atoms with van der Waals surface area (Å²) >= 11 is 2.49. The van der Waals surface area contributed by atoms with Gasteiger partial charge in [-0.25, -0.2) is 0 Å². The first-order valence-corrected chi connectivity index (χ1v) is 9.20. The number of halogens is 1. The van der Waals surface area contributed by atoms with Crippen molar-refractivity contribution in [3.8, 4) is 0 Å². The molecule has 1 nitrogen and oxygen atoms in total. The maximum atomic E-state index is 3.49. The minimum Gasteiger partial charge on any atom is -0.313 e. The van der Waals surface area contributed by atoms with Crippen molar-refractivity contribution >= 4 is 22.6 Å². The molecular weight excluding hydrogens is 357 g/mol. The molecular formula is C18H30IN. The molecule has 0 amide bonds. The number of benzene rings is 1. The topological polar surface area (TPSA) is 12.0 Å². The highest BCUT2D eigenvalue weighted by molar-refractivity contribution is 14.1. The molecule has 0 aliphatic rings. The Kier molecular flexibility index (Phi) is 9.53. The first kappa shape index (κ1) is 18.0. The van der Waals surface area contributed by atoms with Crippen LogP contribution in [0.4, 0.5) is 0 Å². The lowest BCUT2D eigenvalue weighted by Gasteiger charge is -2.19. The van der Waals surface area contributed by atoms with Crippen LogP contribution in [0.1, 0.15) is 75.5 Å². The second kappa shape index (κ2) is 10.6. The monoisotopic (exact) mass is 387 g/mol. The summed E-state index contributed by atoms with van der Waals surface area (Å²) < 4.78 is 1.42. The predicted molar refractivity (Wildman–Crippen MR) is 98.3 cm³/mol. The fourth-order valence-electron chi connectivity index (χ4n) is 2.70. The lowest BCUT2D eigenvalue weighted by atomic mass is 9.98. The van der Waals surface area contributed by atoms with Crippen molar-refractivity contribution in [2.75, 3.05) is 7.05 Å². The van der Waals surface area contributed by atoms with E-state index in [1.54, 1.807) is 0 Å². The molecule has 0 aromatic heterocycles. The second-order valence-electron chi connectivity index (χ2n) is 5.73. The van der Waals surface area contributed by atoms with Gasteiger partial charge in [-0.3, -0.25) is 0 Å². The van der Waals surface area contributed by atoms with E-state index in [0.717, 1.165) is 0 Å². The first-order valence-electron chi connectivity index (χ1n) is 8.13. The maximum absolute atomic E-state index is 3.49. The summed E-state index contributed by atoms with van der Waals surface area (Å²) in [5.74, 6) is 0. The van der Waals surface area contributed by atoms with Crippen molar-refractivity contribution in [3.05, 3.63) is 32.9 Å². The molecule has 1 N–H and O–H groups in total. The Morgan fingerprint density at radius 3 is 2.35 bits per heavy atom. The molecule has 0 spiro atoms. The van der Waals surface area contributed by atoms with Crippen LogP contribution < -0.4 is 5.32 Å². The Balaban J connectivity index is 2.34. The van der Waals surface area contributed by atoms with Crippen LogP contribution in [0.2, 0.25) is 0 Å². The fraction of sp³-hybridized carbons (Fsp3) is 0.667. The Morgan fingerprint density at radius 2 is 1.70 bits per heavy atom. The largest absolute Gasteiger partial charge is 0.313 e. The minimum atomic E-state index is 0.512. The predicted octanol–water partition coefficient (Wildman–Crippen LogP) is 6.00. The average Bonchev–Trinajstić information content (AvgIpc) is 2.46. The van der Waals surface area contributed by atoms with Crippen LogP contribution in [0.15, 0.2) is 18.2 Å². The van der Waals surface area contributed by atoms with E-state index in [-0.39, 0.29) is 0 Å². The molecule has 20 heavy (non-hydrogen) atoms. The lowest BCUT2D eigenvalue weighted by Crippen LogP contribution is -2.17. The van der Waals surface area contributed by atoms with Crippen molar-refractivity contribution in [2.24, 2.45) is 0 Å². The lowest BCUT2D eigenvalue weighted by molar-refractivity contribution is 0.494. The van der Waals surface area contributed by atoms with Gasteiger partial charge in [-0.2, -0.15) is 0 Å². The summed E-state index contributed by atoms with van der Waals surface area (Å²) in [7, 11) is 2.09. The summed E-state index contributed by atoms with van der Waals surface area (Å²) in [4.78, 5) is 0. The van der Waals surface area contributed by atoms with E-state index in [2.05, 4.69) is 67.0 Å². The number of unbranched alkanes of at least 4 members (excludes halogenated alkanes) is 6. The van der Waals surface area contributed by atoms with E-state index in [9.17, 15) is 0 Å². The molecule has 1 aromatic rings. The summed E-state index contributed by atoms with van der Waals surface area (Å²) in [6, 6.07) is 7.17. The smallest absolute Gasteiger partial charge is 0.0328 e. The second-order valence-corrected chi connectivity index (χ2v) is 6.81. The molecule has 0 radical (unpaired) electrons. The molecule has 114 valence electrons. The number of rotatable bonds is 10. The SMILES string of the molecule is CCCCCCCCCC(NC)c1cccc(C)c1I. The molecule has 0 aliphatic carbocycles. The quantitative estimate of drug-likeness (QED) is 0.383. The Bertz CT molecular complexity index is 376. The molecule has 1 rings (SSSR count). The first-order chi connectivity index (χ1) is 9.70. The van der Waals surface area contributed by atoms with Gasteiger partial charge in [-0.1, -0.05) is 70.1 Å². The van der Waals surface area contributed by atoms with Gasteiger partial charge in [0.05, 0.1) is 0 Å². The normalized spacial score (nSPS) is 12.6. The van der Waals surface area contributed by atoms with E-state index in [1.807, 2.05) is 0 Å². The van der Waals surface area contributed by atoms with Crippen LogP contribution in [-0.2, 0) is 0 Å². The van der Waals surface area contributed by atoms with Gasteiger partial charge in [0.15, 0.2) is 0 Å². The zero-order chi connectivity index (χ0) is 14.8. The molecule has 2 heteroatoms. The number of aryl methyl sites for hydroxylation is 1. The van der Waals surface area contributed by atoms with Crippen molar-refractivity contribution < 1.29 is 0 Å². The van der Waals surface area contributed by atoms with E-state index in [1.165, 1.54) is 66.1 Å². The van der Waals surface area contributed by atoms with Crippen LogP contribution in [-0.4, -0.2) is 7.05 Å². The Morgan fingerprint density at radius 1 is 1.05 bits per heavy atom. The molecule has 0 saturated heterocycles. The molecule has 1 atom stereocenters. The number of hydrogen-bond donors (Lipinski definition) is 1. The van der Waals surface area contributed by atoms with Crippen molar-refractivity contribution in [1.29, 1.82) is 0 Å². The van der Waals surface area contributed by atoms with Crippen molar-refractivity contribution in [2.45, 2.75) is 71.3 Å². The molecule has 0 saturated carbocycles. The number of nitrogens with one attached hydrogen (secondary N) is 1. The van der Waals surface area contributed by atoms with E-state index in [4.69, 9.17) is 0 Å². The third-order valence-corrected chi connectivity index (χ3v) is 5.52. The van der Waals surface area contributed by atoms with Crippen molar-refractivity contribution in [3.63, 3.8) is 0 Å². The van der Waals surface area contributed by atoms with Crippen LogP contribution in [0.3, 0.4) is 0 Å². The van der Waals surface area contributed by atoms with E-state index >= 15 is 0 Å². The zero-order valence-corrected chi connectivity index (χ0v) is 15.5. The van der Waals surface area contributed by atoms with Gasteiger partial charge in [0, 0.05) is 9.61 Å². The Labute approximate surface area is 139 Å². The average molecular weight is 387 g/mol. The van der Waals surface area contributed by atoms with E-state index in [0.29, 0.717) is 6.04 Å². The highest BCUT2D eigenvalue weighted by atomic mass is 127. The van der Waals surface area contributed by atoms with Gasteiger partial charge >= 0.3 is 0 Å². The standard InChI is InChI=1S/C18H30IN/c1-4-5-6-7-8-9-10-14-17(20-3)16-13-11-12-15(2)18(16)19/h11-13,17,20H,4-10,14H2,1-3H3. The highest BCUT2D eigenvalue weighted by Crippen LogP contribution is 2.26. The third-order valence-electron chi connectivity index (χ3n) is 4.04. The van der Waals surface area contributed by atoms with Crippen LogP contribution in [0.25, 0.3) is 0 Å². The third kappa shape index (κ3) is 6.13. The maximum Gasteiger partial charge on any atom is 0.0328 e. The van der Waals surface area contributed by atoms with Crippen LogP contribution >= 0.6 is 22.6 Å². The van der Waals surface area contributed by atoms with Crippen molar-refractivity contribution in [1.82, 2.24) is 5.32 Å². The van der Waals surface area contributed by atoms with Crippen LogP contribution in [0.5, 0.6) is 0 Å². The molecule has 1 unspecified atom stereocenters. The zero-order valence-electron chi connectivity index (χ0n) is 13.3. The van der Waals surface area contributed by atoms with Gasteiger partial charge in [0.1, 0.15) is 0 Å². The Hall–Kier alpha value is -0.0900. The summed E-state index contributed by atoms with van der Waals surface area (Å²) in [6.07, 6.45) is 11.0. The van der Waals surface area contributed by atoms with Gasteiger partial charge in [-0.05, 0) is 54.1 Å². The van der Waals surface area contributed by atoms with Crippen LogP contribution in [0, 0.1) is 10.5 Å². The summed E-state index contributed by atoms with van der Waals surface area (Å²) in [6.45, 7) is 4.48.